The molecular weight excluding hydrogens is 196 g/mol. The lowest BCUT2D eigenvalue weighted by Crippen LogP contribution is -2.44. The summed E-state index contributed by atoms with van der Waals surface area (Å²) in [6.07, 6.45) is 5.25. The predicted octanol–water partition coefficient (Wildman–Crippen LogP) is 2.87. The molecule has 1 fully saturated rings. The van der Waals surface area contributed by atoms with E-state index in [0.29, 0.717) is 5.54 Å². The summed E-state index contributed by atoms with van der Waals surface area (Å²) in [6, 6.07) is 0. The topological polar surface area (TPSA) is 29.3 Å². The summed E-state index contributed by atoms with van der Waals surface area (Å²) < 4.78 is 0. The van der Waals surface area contributed by atoms with E-state index in [9.17, 15) is 0 Å². The van der Waals surface area contributed by atoms with Crippen molar-refractivity contribution in [3.63, 3.8) is 0 Å². The highest BCUT2D eigenvalue weighted by Crippen LogP contribution is 2.41. The second-order valence-electron chi connectivity index (χ2n) is 6.28. The molecule has 2 heteroatoms. The molecule has 1 rings (SSSR count). The molecule has 2 nitrogen and oxygen atoms in total. The maximum absolute atomic E-state index is 5.94. The van der Waals surface area contributed by atoms with E-state index in [1.54, 1.807) is 0 Å². The van der Waals surface area contributed by atoms with Crippen LogP contribution in [-0.4, -0.2) is 30.1 Å². The first kappa shape index (κ1) is 14.0. The highest BCUT2D eigenvalue weighted by molar-refractivity contribution is 5.04. The van der Waals surface area contributed by atoms with Crippen LogP contribution >= 0.6 is 0 Å². The molecular formula is C14H30N2. The monoisotopic (exact) mass is 226 g/mol. The van der Waals surface area contributed by atoms with Crippen molar-refractivity contribution in [1.29, 1.82) is 0 Å². The summed E-state index contributed by atoms with van der Waals surface area (Å²) in [4.78, 5) is 2.67. The summed E-state index contributed by atoms with van der Waals surface area (Å²) in [5.41, 5.74) is 6.33. The zero-order valence-corrected chi connectivity index (χ0v) is 11.6. The molecule has 0 aromatic rings. The lowest BCUT2D eigenvalue weighted by atomic mass is 10.1. The molecule has 1 aliphatic rings. The Morgan fingerprint density at radius 2 is 1.44 bits per heavy atom. The molecule has 0 radical (unpaired) electrons. The van der Waals surface area contributed by atoms with Crippen molar-refractivity contribution in [2.24, 2.45) is 17.6 Å². The fourth-order valence-corrected chi connectivity index (χ4v) is 2.21. The molecule has 2 N–H and O–H groups in total. The van der Waals surface area contributed by atoms with Gasteiger partial charge in [0, 0.05) is 12.1 Å². The van der Waals surface area contributed by atoms with Crippen LogP contribution in [0.1, 0.15) is 53.4 Å². The van der Waals surface area contributed by atoms with Gasteiger partial charge < -0.3 is 5.73 Å². The van der Waals surface area contributed by atoms with E-state index in [1.807, 2.05) is 0 Å². The minimum Gasteiger partial charge on any atom is -0.329 e. The fraction of sp³-hybridized carbons (Fsp3) is 1.00. The van der Waals surface area contributed by atoms with Crippen LogP contribution in [0.4, 0.5) is 0 Å². The second kappa shape index (κ2) is 6.02. The van der Waals surface area contributed by atoms with Gasteiger partial charge in [-0.3, -0.25) is 4.90 Å². The Kier molecular flexibility index (Phi) is 5.26. The Hall–Kier alpha value is -0.0800. The quantitative estimate of drug-likeness (QED) is 0.689. The third-order valence-corrected chi connectivity index (χ3v) is 3.83. The fourth-order valence-electron chi connectivity index (χ4n) is 2.21. The van der Waals surface area contributed by atoms with Crippen LogP contribution in [0.2, 0.25) is 0 Å². The Balaban J connectivity index is 2.42. The van der Waals surface area contributed by atoms with Gasteiger partial charge in [-0.1, -0.05) is 27.7 Å². The minimum absolute atomic E-state index is 0.393. The van der Waals surface area contributed by atoms with Gasteiger partial charge in [0.15, 0.2) is 0 Å². The third-order valence-electron chi connectivity index (χ3n) is 3.83. The zero-order chi connectivity index (χ0) is 12.2. The van der Waals surface area contributed by atoms with Crippen LogP contribution in [0, 0.1) is 11.8 Å². The van der Waals surface area contributed by atoms with Crippen molar-refractivity contribution in [3.05, 3.63) is 0 Å². The van der Waals surface area contributed by atoms with Gasteiger partial charge in [-0.15, -0.1) is 0 Å². The van der Waals surface area contributed by atoms with Crippen molar-refractivity contribution >= 4 is 0 Å². The Morgan fingerprint density at radius 3 is 1.69 bits per heavy atom. The van der Waals surface area contributed by atoms with Crippen LogP contribution < -0.4 is 5.73 Å². The van der Waals surface area contributed by atoms with Crippen molar-refractivity contribution in [1.82, 2.24) is 4.90 Å². The van der Waals surface area contributed by atoms with Gasteiger partial charge in [-0.25, -0.2) is 0 Å². The smallest absolute Gasteiger partial charge is 0.0333 e. The molecule has 0 unspecified atom stereocenters. The first-order valence-corrected chi connectivity index (χ1v) is 6.95. The summed E-state index contributed by atoms with van der Waals surface area (Å²) >= 11 is 0. The van der Waals surface area contributed by atoms with Crippen molar-refractivity contribution < 1.29 is 0 Å². The highest BCUT2D eigenvalue weighted by atomic mass is 15.2. The highest BCUT2D eigenvalue weighted by Gasteiger charge is 2.46. The molecule has 0 aromatic heterocycles. The lowest BCUT2D eigenvalue weighted by molar-refractivity contribution is 0.163. The maximum Gasteiger partial charge on any atom is 0.0333 e. The summed E-state index contributed by atoms with van der Waals surface area (Å²) in [5.74, 6) is 1.60. The molecule has 0 amide bonds. The Bertz CT molecular complexity index is 183. The van der Waals surface area contributed by atoms with Gasteiger partial charge in [0.2, 0.25) is 0 Å². The van der Waals surface area contributed by atoms with Gasteiger partial charge in [0.05, 0.1) is 0 Å². The number of hydrogen-bond acceptors (Lipinski definition) is 2. The van der Waals surface area contributed by atoms with Crippen LogP contribution in [0.25, 0.3) is 0 Å². The van der Waals surface area contributed by atoms with Crippen molar-refractivity contribution in [3.8, 4) is 0 Å². The van der Waals surface area contributed by atoms with Gasteiger partial charge >= 0.3 is 0 Å². The molecule has 0 aromatic carbocycles. The van der Waals surface area contributed by atoms with Crippen LogP contribution in [0.3, 0.4) is 0 Å². The third kappa shape index (κ3) is 4.06. The van der Waals surface area contributed by atoms with Gasteiger partial charge in [0.25, 0.3) is 0 Å². The SMILES string of the molecule is CC(C)CCN(CCC(C)C)C1(CN)CC1. The molecule has 0 bridgehead atoms. The Morgan fingerprint density at radius 1 is 1.00 bits per heavy atom. The molecule has 0 heterocycles. The second-order valence-corrected chi connectivity index (χ2v) is 6.28. The molecule has 0 saturated heterocycles. The molecule has 96 valence electrons. The molecule has 0 spiro atoms. The average Bonchev–Trinajstić information content (AvgIpc) is 2.98. The largest absolute Gasteiger partial charge is 0.329 e. The van der Waals surface area contributed by atoms with E-state index in [1.165, 1.54) is 38.8 Å². The number of hydrogen-bond donors (Lipinski definition) is 1. The van der Waals surface area contributed by atoms with Crippen LogP contribution in [0.15, 0.2) is 0 Å². The van der Waals surface area contributed by atoms with E-state index in [0.717, 1.165) is 18.4 Å². The number of nitrogens with two attached hydrogens (primary N) is 1. The molecule has 0 atom stereocenters. The van der Waals surface area contributed by atoms with Crippen molar-refractivity contribution in [2.45, 2.75) is 58.9 Å². The molecule has 16 heavy (non-hydrogen) atoms. The van der Waals surface area contributed by atoms with Crippen LogP contribution in [0.5, 0.6) is 0 Å². The molecule has 1 saturated carbocycles. The first-order chi connectivity index (χ1) is 7.50. The van der Waals surface area contributed by atoms with E-state index < -0.39 is 0 Å². The standard InChI is InChI=1S/C14H30N2/c1-12(2)5-9-16(10-6-13(3)4)14(11-15)7-8-14/h12-13H,5-11,15H2,1-4H3. The van der Waals surface area contributed by atoms with E-state index in [-0.39, 0.29) is 0 Å². The Labute approximate surface area is 102 Å². The number of rotatable bonds is 8. The number of nitrogens with zero attached hydrogens (tertiary/aromatic N) is 1. The van der Waals surface area contributed by atoms with Crippen LogP contribution in [-0.2, 0) is 0 Å². The molecule has 0 aliphatic heterocycles. The maximum atomic E-state index is 5.94. The zero-order valence-electron chi connectivity index (χ0n) is 11.6. The lowest BCUT2D eigenvalue weighted by Gasteiger charge is -2.32. The van der Waals surface area contributed by atoms with Gasteiger partial charge in [0.1, 0.15) is 0 Å². The predicted molar refractivity (Wildman–Crippen MR) is 71.5 cm³/mol. The average molecular weight is 226 g/mol. The summed E-state index contributed by atoms with van der Waals surface area (Å²) in [6.45, 7) is 12.6. The minimum atomic E-state index is 0.393. The summed E-state index contributed by atoms with van der Waals surface area (Å²) in [7, 11) is 0. The molecule has 1 aliphatic carbocycles. The normalized spacial score (nSPS) is 18.8. The summed E-state index contributed by atoms with van der Waals surface area (Å²) in [5, 5.41) is 0. The van der Waals surface area contributed by atoms with E-state index >= 15 is 0 Å². The van der Waals surface area contributed by atoms with E-state index in [2.05, 4.69) is 32.6 Å². The van der Waals surface area contributed by atoms with Gasteiger partial charge in [-0.05, 0) is 50.6 Å². The first-order valence-electron chi connectivity index (χ1n) is 6.95. The van der Waals surface area contributed by atoms with Gasteiger partial charge in [-0.2, -0.15) is 0 Å². The van der Waals surface area contributed by atoms with Crippen molar-refractivity contribution in [2.75, 3.05) is 19.6 Å². The van der Waals surface area contributed by atoms with E-state index in [4.69, 9.17) is 5.73 Å².